The van der Waals surface area contributed by atoms with Gasteiger partial charge < -0.3 is 24.4 Å². The van der Waals surface area contributed by atoms with E-state index in [1.165, 1.54) is 0 Å². The number of nitrogens with one attached hydrogen (secondary N) is 1. The van der Waals surface area contributed by atoms with Crippen LogP contribution in [0.15, 0.2) is 42.5 Å². The number of methoxy groups -OCH3 is 1. The molecule has 0 aromatic heterocycles. The SMILES string of the molecule is COc1cccc(N2CC(C(=O)NCC#CCOc3cccc4c3OC(C)(C)C4)CC2=O)c1. The van der Waals surface area contributed by atoms with Gasteiger partial charge in [0.25, 0.3) is 0 Å². The van der Waals surface area contributed by atoms with Crippen LogP contribution in [0.2, 0.25) is 0 Å². The quantitative estimate of drug-likeness (QED) is 0.688. The van der Waals surface area contributed by atoms with Crippen LogP contribution in [-0.4, -0.2) is 44.2 Å². The molecule has 4 rings (SSSR count). The van der Waals surface area contributed by atoms with Crippen molar-refractivity contribution in [2.45, 2.75) is 32.3 Å². The Hall–Kier alpha value is -3.66. The second-order valence-electron chi connectivity index (χ2n) is 8.75. The minimum absolute atomic E-state index is 0.0799. The maximum absolute atomic E-state index is 12.5. The van der Waals surface area contributed by atoms with Crippen LogP contribution in [0.3, 0.4) is 0 Å². The number of anilines is 1. The average molecular weight is 449 g/mol. The van der Waals surface area contributed by atoms with Crippen LogP contribution >= 0.6 is 0 Å². The van der Waals surface area contributed by atoms with E-state index in [2.05, 4.69) is 17.2 Å². The predicted octanol–water partition coefficient (Wildman–Crippen LogP) is 2.96. The van der Waals surface area contributed by atoms with Crippen molar-refractivity contribution >= 4 is 17.5 Å². The lowest BCUT2D eigenvalue weighted by atomic mass is 10.0. The van der Waals surface area contributed by atoms with Gasteiger partial charge in [0, 0.05) is 36.7 Å². The van der Waals surface area contributed by atoms with Gasteiger partial charge in [-0.15, -0.1) is 0 Å². The Morgan fingerprint density at radius 1 is 1.24 bits per heavy atom. The molecular formula is C26H28N2O5. The highest BCUT2D eigenvalue weighted by atomic mass is 16.5. The Morgan fingerprint density at radius 2 is 2.06 bits per heavy atom. The monoisotopic (exact) mass is 448 g/mol. The summed E-state index contributed by atoms with van der Waals surface area (Å²) in [6, 6.07) is 13.1. The molecule has 0 saturated carbocycles. The Bertz CT molecular complexity index is 1120. The summed E-state index contributed by atoms with van der Waals surface area (Å²) in [5, 5.41) is 2.79. The summed E-state index contributed by atoms with van der Waals surface area (Å²) in [6.07, 6.45) is 1.02. The summed E-state index contributed by atoms with van der Waals surface area (Å²) in [7, 11) is 1.58. The van der Waals surface area contributed by atoms with E-state index in [1.807, 2.05) is 50.2 Å². The van der Waals surface area contributed by atoms with Crippen molar-refractivity contribution in [3.05, 3.63) is 48.0 Å². The van der Waals surface area contributed by atoms with Crippen molar-refractivity contribution in [2.24, 2.45) is 5.92 Å². The smallest absolute Gasteiger partial charge is 0.227 e. The molecule has 2 aromatic rings. The van der Waals surface area contributed by atoms with Gasteiger partial charge in [0.1, 0.15) is 18.0 Å². The zero-order valence-corrected chi connectivity index (χ0v) is 19.1. The Morgan fingerprint density at radius 3 is 2.88 bits per heavy atom. The molecule has 0 spiro atoms. The lowest BCUT2D eigenvalue weighted by molar-refractivity contribution is -0.126. The van der Waals surface area contributed by atoms with Crippen LogP contribution in [0, 0.1) is 17.8 Å². The molecule has 1 fully saturated rings. The number of benzene rings is 2. The predicted molar refractivity (Wildman–Crippen MR) is 125 cm³/mol. The summed E-state index contributed by atoms with van der Waals surface area (Å²) in [4.78, 5) is 26.5. The number of amides is 2. The summed E-state index contributed by atoms with van der Waals surface area (Å²) >= 11 is 0. The number of fused-ring (bicyclic) bond motifs is 1. The van der Waals surface area contributed by atoms with Crippen LogP contribution < -0.4 is 24.4 Å². The molecule has 1 atom stereocenters. The number of hydrogen-bond acceptors (Lipinski definition) is 5. The molecule has 0 radical (unpaired) electrons. The maximum atomic E-state index is 12.5. The van der Waals surface area contributed by atoms with E-state index in [0.29, 0.717) is 18.0 Å². The van der Waals surface area contributed by atoms with Gasteiger partial charge in [-0.3, -0.25) is 9.59 Å². The third kappa shape index (κ3) is 5.23. The average Bonchev–Trinajstić information content (AvgIpc) is 3.34. The van der Waals surface area contributed by atoms with E-state index in [1.54, 1.807) is 18.1 Å². The lowest BCUT2D eigenvalue weighted by Gasteiger charge is -2.17. The van der Waals surface area contributed by atoms with Gasteiger partial charge in [-0.25, -0.2) is 0 Å². The fourth-order valence-electron chi connectivity index (χ4n) is 4.12. The molecule has 2 amide bonds. The van der Waals surface area contributed by atoms with Crippen molar-refractivity contribution in [1.82, 2.24) is 5.32 Å². The molecule has 2 aromatic carbocycles. The third-order valence-electron chi connectivity index (χ3n) is 5.69. The Balaban J connectivity index is 1.24. The van der Waals surface area contributed by atoms with Gasteiger partial charge in [-0.2, -0.15) is 0 Å². The first-order valence-electron chi connectivity index (χ1n) is 11.0. The van der Waals surface area contributed by atoms with Crippen LogP contribution in [0.4, 0.5) is 5.69 Å². The van der Waals surface area contributed by atoms with Crippen molar-refractivity contribution in [1.29, 1.82) is 0 Å². The number of rotatable bonds is 6. The highest BCUT2D eigenvalue weighted by molar-refractivity contribution is 6.00. The Kier molecular flexibility index (Phi) is 6.45. The van der Waals surface area contributed by atoms with Crippen molar-refractivity contribution in [3.63, 3.8) is 0 Å². The molecule has 7 nitrogen and oxygen atoms in total. The Labute approximate surface area is 194 Å². The minimum atomic E-state index is -0.408. The fourth-order valence-corrected chi connectivity index (χ4v) is 4.12. The zero-order valence-electron chi connectivity index (χ0n) is 19.1. The van der Waals surface area contributed by atoms with E-state index in [-0.39, 0.29) is 37.0 Å². The second kappa shape index (κ2) is 9.45. The van der Waals surface area contributed by atoms with Gasteiger partial charge in [-0.1, -0.05) is 30.0 Å². The van der Waals surface area contributed by atoms with Crippen molar-refractivity contribution < 1.29 is 23.8 Å². The highest BCUT2D eigenvalue weighted by Gasteiger charge is 2.35. The van der Waals surface area contributed by atoms with Crippen LogP contribution in [-0.2, 0) is 16.0 Å². The van der Waals surface area contributed by atoms with E-state index in [0.717, 1.165) is 23.4 Å². The first-order valence-corrected chi connectivity index (χ1v) is 11.0. The normalized spacial score (nSPS) is 18.1. The first-order chi connectivity index (χ1) is 15.9. The topological polar surface area (TPSA) is 77.1 Å². The van der Waals surface area contributed by atoms with Crippen molar-refractivity contribution in [2.75, 3.05) is 31.7 Å². The van der Waals surface area contributed by atoms with Gasteiger partial charge in [0.05, 0.1) is 19.6 Å². The summed E-state index contributed by atoms with van der Waals surface area (Å²) in [5.41, 5.74) is 1.62. The van der Waals surface area contributed by atoms with Gasteiger partial charge in [0.2, 0.25) is 11.8 Å². The molecule has 33 heavy (non-hydrogen) atoms. The molecule has 2 aliphatic heterocycles. The molecule has 172 valence electrons. The molecule has 0 aliphatic carbocycles. The number of carbonyl (C=O) groups is 2. The maximum Gasteiger partial charge on any atom is 0.227 e. The molecule has 1 unspecified atom stereocenters. The highest BCUT2D eigenvalue weighted by Crippen LogP contribution is 2.41. The molecule has 2 aliphatic rings. The van der Waals surface area contributed by atoms with Gasteiger partial charge in [0.15, 0.2) is 11.5 Å². The van der Waals surface area contributed by atoms with E-state index in [4.69, 9.17) is 14.2 Å². The first kappa shape index (κ1) is 22.5. The number of carbonyl (C=O) groups excluding carboxylic acids is 2. The zero-order chi connectivity index (χ0) is 23.4. The van der Waals surface area contributed by atoms with Gasteiger partial charge >= 0.3 is 0 Å². The van der Waals surface area contributed by atoms with Crippen molar-refractivity contribution in [3.8, 4) is 29.1 Å². The lowest BCUT2D eigenvalue weighted by Crippen LogP contribution is -2.33. The standard InChI is InChI=1S/C26H28N2O5/c1-26(2)16-18-8-6-11-22(24(18)33-26)32-13-5-4-12-27-25(30)19-14-23(29)28(17-19)20-9-7-10-21(15-20)31-3/h6-11,15,19H,12-14,16-17H2,1-3H3,(H,27,30). The van der Waals surface area contributed by atoms with Crippen LogP contribution in [0.1, 0.15) is 25.8 Å². The molecule has 1 N–H and O–H groups in total. The number of ether oxygens (including phenoxy) is 3. The van der Waals surface area contributed by atoms with Gasteiger partial charge in [-0.05, 0) is 32.0 Å². The number of nitrogens with zero attached hydrogens (tertiary/aromatic N) is 1. The number of para-hydroxylation sites is 1. The van der Waals surface area contributed by atoms with E-state index >= 15 is 0 Å². The minimum Gasteiger partial charge on any atom is -0.497 e. The molecule has 1 saturated heterocycles. The van der Waals surface area contributed by atoms with E-state index in [9.17, 15) is 9.59 Å². The molecule has 2 heterocycles. The number of hydrogen-bond donors (Lipinski definition) is 1. The fraction of sp³-hybridized carbons (Fsp3) is 0.385. The second-order valence-corrected chi connectivity index (χ2v) is 8.75. The van der Waals surface area contributed by atoms with Crippen LogP contribution in [0.25, 0.3) is 0 Å². The molecule has 0 bridgehead atoms. The largest absolute Gasteiger partial charge is 0.497 e. The summed E-state index contributed by atoms with van der Waals surface area (Å²) in [5.74, 6) is 7.27. The van der Waals surface area contributed by atoms with Crippen LogP contribution in [0.5, 0.6) is 17.2 Å². The summed E-state index contributed by atoms with van der Waals surface area (Å²) in [6.45, 7) is 4.83. The summed E-state index contributed by atoms with van der Waals surface area (Å²) < 4.78 is 17.0. The molecule has 7 heteroatoms. The molecular weight excluding hydrogens is 420 g/mol. The van der Waals surface area contributed by atoms with E-state index < -0.39 is 5.92 Å². The third-order valence-corrected chi connectivity index (χ3v) is 5.69.